The lowest BCUT2D eigenvalue weighted by molar-refractivity contribution is -0.127. The van der Waals surface area contributed by atoms with Gasteiger partial charge in [-0.25, -0.2) is 0 Å². The average Bonchev–Trinajstić information content (AvgIpc) is 2.97. The van der Waals surface area contributed by atoms with Crippen LogP contribution in [0.15, 0.2) is 24.3 Å². The number of nitrogens with zero attached hydrogens (tertiary/aromatic N) is 1. The number of hydrogen-bond donors (Lipinski definition) is 3. The van der Waals surface area contributed by atoms with E-state index in [0.29, 0.717) is 5.56 Å². The minimum atomic E-state index is -1.50. The molecule has 0 spiro atoms. The van der Waals surface area contributed by atoms with Crippen LogP contribution in [-0.4, -0.2) is 33.8 Å². The third-order valence-corrected chi connectivity index (χ3v) is 2.70. The second kappa shape index (κ2) is 10.3. The van der Waals surface area contributed by atoms with Crippen molar-refractivity contribution >= 4 is 0 Å². The summed E-state index contributed by atoms with van der Waals surface area (Å²) in [7, 11) is 0. The third kappa shape index (κ3) is 8.75. The van der Waals surface area contributed by atoms with Crippen molar-refractivity contribution in [2.75, 3.05) is 6.61 Å². The summed E-state index contributed by atoms with van der Waals surface area (Å²) in [6.45, 7) is 6.68. The molecule has 0 saturated carbocycles. The fraction of sp³-hybridized carbons (Fsp3) is 0.588. The molecule has 0 radical (unpaired) electrons. The quantitative estimate of drug-likeness (QED) is 0.730. The Morgan fingerprint density at radius 3 is 2.32 bits per heavy atom. The van der Waals surface area contributed by atoms with E-state index in [1.54, 1.807) is 6.07 Å². The fourth-order valence-corrected chi connectivity index (χ4v) is 1.89. The van der Waals surface area contributed by atoms with E-state index < -0.39 is 5.79 Å². The number of rotatable bonds is 2. The smallest absolute Gasteiger partial charge is 0.156 e. The Kier molecular flexibility index (Phi) is 9.63. The van der Waals surface area contributed by atoms with Gasteiger partial charge in [0.25, 0.3) is 0 Å². The predicted molar refractivity (Wildman–Crippen MR) is 85.0 cm³/mol. The summed E-state index contributed by atoms with van der Waals surface area (Å²) < 4.78 is 5.64. The predicted octanol–water partition coefficient (Wildman–Crippen LogP) is 2.50. The van der Waals surface area contributed by atoms with Crippen LogP contribution in [0.4, 0.5) is 0 Å². The van der Waals surface area contributed by atoms with E-state index in [4.69, 9.17) is 25.3 Å². The fourth-order valence-electron chi connectivity index (χ4n) is 1.89. The van der Waals surface area contributed by atoms with Crippen molar-refractivity contribution in [3.05, 3.63) is 35.4 Å². The van der Waals surface area contributed by atoms with Crippen LogP contribution in [0.2, 0.25) is 0 Å². The van der Waals surface area contributed by atoms with Gasteiger partial charge in [-0.2, -0.15) is 5.26 Å². The van der Waals surface area contributed by atoms with Gasteiger partial charge in [0.1, 0.15) is 0 Å². The molecule has 124 valence electrons. The number of ether oxygens (including phenoxy) is 1. The molecule has 1 aliphatic heterocycles. The highest BCUT2D eigenvalue weighted by Crippen LogP contribution is 2.32. The number of nitriles is 1. The highest BCUT2D eigenvalue weighted by molar-refractivity contribution is 5.34. The maximum absolute atomic E-state index is 8.95. The molecule has 0 amide bonds. The van der Waals surface area contributed by atoms with Crippen molar-refractivity contribution in [1.82, 2.24) is 0 Å². The first-order valence-corrected chi connectivity index (χ1v) is 7.54. The summed E-state index contributed by atoms with van der Waals surface area (Å²) in [5.74, 6) is -1.50. The van der Waals surface area contributed by atoms with E-state index in [9.17, 15) is 0 Å². The first-order valence-electron chi connectivity index (χ1n) is 7.54. The maximum Gasteiger partial charge on any atom is 0.156 e. The summed E-state index contributed by atoms with van der Waals surface area (Å²) in [6.07, 6.45) is 1.80. The number of aliphatic hydroxyl groups excluding tert-OH is 1. The van der Waals surface area contributed by atoms with Gasteiger partial charge in [0, 0.05) is 0 Å². The molecule has 3 N–H and O–H groups in total. The lowest BCUT2D eigenvalue weighted by Crippen LogP contribution is -2.15. The standard InChI is InChI=1S/C12H13NO2.C3H8O2.C2H6/c13-7-9-2-1-3-10(6-9)12-5-4-11(8-14)15-12;1-3(2,4)5;1-2/h1-3,6,11-12,14H,4-5,8H2;4-5H,1-2H3;1-2H3. The minimum Gasteiger partial charge on any atom is -0.394 e. The highest BCUT2D eigenvalue weighted by atomic mass is 16.5. The molecule has 1 fully saturated rings. The van der Waals surface area contributed by atoms with E-state index in [1.165, 1.54) is 13.8 Å². The van der Waals surface area contributed by atoms with Gasteiger partial charge in [-0.3, -0.25) is 0 Å². The van der Waals surface area contributed by atoms with Crippen molar-refractivity contribution in [1.29, 1.82) is 5.26 Å². The Labute approximate surface area is 132 Å². The van der Waals surface area contributed by atoms with Crippen LogP contribution in [0.25, 0.3) is 0 Å². The van der Waals surface area contributed by atoms with Crippen LogP contribution in [0.1, 0.15) is 57.8 Å². The first-order chi connectivity index (χ1) is 10.3. The topological polar surface area (TPSA) is 93.7 Å². The number of aliphatic hydroxyl groups is 3. The highest BCUT2D eigenvalue weighted by Gasteiger charge is 2.25. The van der Waals surface area contributed by atoms with Gasteiger partial charge in [0.05, 0.1) is 30.4 Å². The van der Waals surface area contributed by atoms with Crippen LogP contribution in [0.3, 0.4) is 0 Å². The second-order valence-corrected chi connectivity index (χ2v) is 5.24. The molecule has 0 bridgehead atoms. The zero-order chi connectivity index (χ0) is 17.2. The van der Waals surface area contributed by atoms with Gasteiger partial charge in [-0.05, 0) is 44.4 Å². The lowest BCUT2D eigenvalue weighted by atomic mass is 10.0. The molecule has 1 aromatic rings. The molecule has 22 heavy (non-hydrogen) atoms. The van der Waals surface area contributed by atoms with Gasteiger partial charge in [0.2, 0.25) is 0 Å². The van der Waals surface area contributed by atoms with Crippen molar-refractivity contribution in [3.8, 4) is 6.07 Å². The average molecular weight is 309 g/mol. The van der Waals surface area contributed by atoms with E-state index >= 15 is 0 Å². The van der Waals surface area contributed by atoms with Gasteiger partial charge >= 0.3 is 0 Å². The Hall–Kier alpha value is -1.45. The Bertz CT molecular complexity index is 456. The molecule has 0 aromatic heterocycles. The van der Waals surface area contributed by atoms with Crippen LogP contribution >= 0.6 is 0 Å². The number of hydrogen-bond acceptors (Lipinski definition) is 5. The lowest BCUT2D eigenvalue weighted by Gasteiger charge is -2.12. The van der Waals surface area contributed by atoms with E-state index in [1.807, 2.05) is 32.0 Å². The summed E-state index contributed by atoms with van der Waals surface area (Å²) in [6, 6.07) is 9.57. The van der Waals surface area contributed by atoms with Gasteiger partial charge in [0.15, 0.2) is 5.79 Å². The van der Waals surface area contributed by atoms with E-state index in [0.717, 1.165) is 18.4 Å². The SMILES string of the molecule is CC.CC(C)(O)O.N#Cc1cccc(C2CCC(CO)O2)c1. The zero-order valence-corrected chi connectivity index (χ0v) is 13.8. The molecule has 1 heterocycles. The van der Waals surface area contributed by atoms with Crippen LogP contribution in [0.5, 0.6) is 0 Å². The Morgan fingerprint density at radius 1 is 1.27 bits per heavy atom. The second-order valence-electron chi connectivity index (χ2n) is 5.24. The van der Waals surface area contributed by atoms with Crippen molar-refractivity contribution in [2.45, 2.75) is 58.5 Å². The maximum atomic E-state index is 8.95. The minimum absolute atomic E-state index is 0.0375. The Balaban J connectivity index is 0.000000540. The zero-order valence-electron chi connectivity index (χ0n) is 13.8. The van der Waals surface area contributed by atoms with Crippen LogP contribution in [-0.2, 0) is 4.74 Å². The molecule has 5 heteroatoms. The molecule has 1 aliphatic rings. The molecular weight excluding hydrogens is 282 g/mol. The van der Waals surface area contributed by atoms with E-state index in [2.05, 4.69) is 6.07 Å². The molecule has 1 aromatic carbocycles. The molecule has 1 saturated heterocycles. The molecule has 0 aliphatic carbocycles. The first kappa shape index (κ1) is 20.6. The van der Waals surface area contributed by atoms with Gasteiger partial charge < -0.3 is 20.1 Å². The number of benzene rings is 1. The normalized spacial score (nSPS) is 20.1. The van der Waals surface area contributed by atoms with Gasteiger partial charge in [-0.1, -0.05) is 26.0 Å². The Morgan fingerprint density at radius 2 is 1.86 bits per heavy atom. The molecule has 5 nitrogen and oxygen atoms in total. The van der Waals surface area contributed by atoms with Crippen LogP contribution in [0, 0.1) is 11.3 Å². The summed E-state index contributed by atoms with van der Waals surface area (Å²) >= 11 is 0. The molecule has 2 unspecified atom stereocenters. The van der Waals surface area contributed by atoms with Gasteiger partial charge in [-0.15, -0.1) is 0 Å². The molecule has 2 atom stereocenters. The third-order valence-electron chi connectivity index (χ3n) is 2.70. The summed E-state index contributed by atoms with van der Waals surface area (Å²) in [5, 5.41) is 33.9. The van der Waals surface area contributed by atoms with E-state index in [-0.39, 0.29) is 18.8 Å². The van der Waals surface area contributed by atoms with Crippen LogP contribution < -0.4 is 0 Å². The van der Waals surface area contributed by atoms with Crippen molar-refractivity contribution in [3.63, 3.8) is 0 Å². The molecular formula is C17H27NO4. The summed E-state index contributed by atoms with van der Waals surface area (Å²) in [4.78, 5) is 0. The molecule has 2 rings (SSSR count). The van der Waals surface area contributed by atoms with Crippen molar-refractivity contribution in [2.24, 2.45) is 0 Å². The largest absolute Gasteiger partial charge is 0.394 e. The van der Waals surface area contributed by atoms with Crippen molar-refractivity contribution < 1.29 is 20.1 Å². The monoisotopic (exact) mass is 309 g/mol. The summed E-state index contributed by atoms with van der Waals surface area (Å²) in [5.41, 5.74) is 1.69.